The van der Waals surface area contributed by atoms with Gasteiger partial charge in [-0.3, -0.25) is 9.11 Å². The zero-order valence-electron chi connectivity index (χ0n) is 4.11. The number of nitrogens with one attached hydrogen (secondary N) is 1. The summed E-state index contributed by atoms with van der Waals surface area (Å²) in [4.78, 5) is 0. The van der Waals surface area contributed by atoms with Crippen molar-refractivity contribution in [2.45, 2.75) is 0 Å². The van der Waals surface area contributed by atoms with Gasteiger partial charge in [0, 0.05) is 23.2 Å². The lowest BCUT2D eigenvalue weighted by molar-refractivity contribution is 0.510. The fraction of sp³-hybridized carbons (Fsp3) is 0. The summed E-state index contributed by atoms with van der Waals surface area (Å²) in [5, 5.41) is 5.33. The Balaban J connectivity index is 2.69. The van der Waals surface area contributed by atoms with Crippen molar-refractivity contribution in [2.75, 3.05) is 0 Å². The highest BCUT2D eigenvalue weighted by Crippen LogP contribution is 2.42. The molecule has 3 N–H and O–H groups in total. The maximum absolute atomic E-state index is 8.80. The quantitative estimate of drug-likeness (QED) is 0.466. The summed E-state index contributed by atoms with van der Waals surface area (Å²) >= 11 is 0. The third-order valence-electron chi connectivity index (χ3n) is 0.729. The van der Waals surface area contributed by atoms with Gasteiger partial charge in [0.1, 0.15) is 0 Å². The Morgan fingerprint density at radius 1 is 1.12 bits per heavy atom. The van der Waals surface area contributed by atoms with Crippen LogP contribution in [-0.4, -0.2) is 9.11 Å². The first-order valence-electron chi connectivity index (χ1n) is 2.08. The van der Waals surface area contributed by atoms with Crippen LogP contribution >= 0.6 is 10.6 Å². The van der Waals surface area contributed by atoms with Crippen LogP contribution in [0.15, 0.2) is 23.2 Å². The molecular weight excluding hydrogens is 126 g/mol. The molecule has 0 saturated carbocycles. The molecule has 1 aliphatic rings. The molecule has 0 bridgehead atoms. The zero-order valence-corrected chi connectivity index (χ0v) is 4.93. The molecule has 0 aliphatic carbocycles. The van der Waals surface area contributed by atoms with E-state index in [0.717, 1.165) is 0 Å². The van der Waals surface area contributed by atoms with Crippen molar-refractivity contribution in [3.05, 3.63) is 23.2 Å². The van der Waals surface area contributed by atoms with E-state index in [2.05, 4.69) is 5.32 Å². The minimum absolute atomic E-state index is 1.33. The van der Waals surface area contributed by atoms with Crippen LogP contribution in [-0.2, 0) is 0 Å². The predicted octanol–water partition coefficient (Wildman–Crippen LogP) is 1.28. The SMILES string of the molecule is OS1(O)C=CNC=C1. The van der Waals surface area contributed by atoms with Crippen molar-refractivity contribution in [1.82, 2.24) is 5.32 Å². The van der Waals surface area contributed by atoms with Gasteiger partial charge in [0.2, 0.25) is 0 Å². The number of hydrogen-bond acceptors (Lipinski definition) is 3. The largest absolute Gasteiger partial charge is 0.365 e. The number of rotatable bonds is 0. The van der Waals surface area contributed by atoms with Crippen molar-refractivity contribution >= 4 is 10.6 Å². The summed E-state index contributed by atoms with van der Waals surface area (Å²) in [5.41, 5.74) is 0. The van der Waals surface area contributed by atoms with Crippen LogP contribution in [0.1, 0.15) is 0 Å². The van der Waals surface area contributed by atoms with Gasteiger partial charge in [0.15, 0.2) is 0 Å². The molecule has 0 radical (unpaired) electrons. The molecule has 0 saturated heterocycles. The van der Waals surface area contributed by atoms with Gasteiger partial charge in [-0.15, -0.1) is 0 Å². The Kier molecular flexibility index (Phi) is 1.29. The van der Waals surface area contributed by atoms with Crippen LogP contribution in [0.2, 0.25) is 0 Å². The fourth-order valence-corrected chi connectivity index (χ4v) is 1.03. The summed E-state index contributed by atoms with van der Waals surface area (Å²) in [6.07, 6.45) is 2.99. The molecule has 0 aromatic heterocycles. The van der Waals surface area contributed by atoms with Crippen molar-refractivity contribution < 1.29 is 9.11 Å². The lowest BCUT2D eigenvalue weighted by Crippen LogP contribution is -2.00. The van der Waals surface area contributed by atoms with Crippen molar-refractivity contribution in [3.63, 3.8) is 0 Å². The van der Waals surface area contributed by atoms with Gasteiger partial charge in [0.05, 0.1) is 0 Å². The minimum atomic E-state index is -2.51. The first-order chi connectivity index (χ1) is 3.71. The Labute approximate surface area is 49.1 Å². The molecule has 3 nitrogen and oxygen atoms in total. The van der Waals surface area contributed by atoms with Gasteiger partial charge in [0.25, 0.3) is 0 Å². The van der Waals surface area contributed by atoms with Crippen LogP contribution in [0.5, 0.6) is 0 Å². The molecule has 46 valence electrons. The third-order valence-corrected chi connectivity index (χ3v) is 1.80. The predicted molar refractivity (Wildman–Crippen MR) is 34.3 cm³/mol. The first-order valence-corrected chi connectivity index (χ1v) is 3.75. The Morgan fingerprint density at radius 2 is 1.62 bits per heavy atom. The number of hydrogen-bond donors (Lipinski definition) is 3. The van der Waals surface area contributed by atoms with Gasteiger partial charge in [-0.2, -0.15) is 10.6 Å². The summed E-state index contributed by atoms with van der Waals surface area (Å²) < 4.78 is 17.6. The second-order valence-corrected chi connectivity index (χ2v) is 3.23. The Hall–Kier alpha value is -0.450. The molecule has 0 aromatic rings. The zero-order chi connectivity index (χ0) is 6.04. The highest BCUT2D eigenvalue weighted by molar-refractivity contribution is 8.29. The summed E-state index contributed by atoms with van der Waals surface area (Å²) in [5.74, 6) is 0. The van der Waals surface area contributed by atoms with E-state index in [0.29, 0.717) is 0 Å². The smallest absolute Gasteiger partial charge is 0.0429 e. The molecule has 1 rings (SSSR count). The van der Waals surface area contributed by atoms with E-state index in [1.807, 2.05) is 0 Å². The van der Waals surface area contributed by atoms with Crippen LogP contribution in [0.3, 0.4) is 0 Å². The fourth-order valence-electron chi connectivity index (χ4n) is 0.380. The van der Waals surface area contributed by atoms with E-state index < -0.39 is 10.6 Å². The van der Waals surface area contributed by atoms with E-state index >= 15 is 0 Å². The molecule has 1 heterocycles. The molecule has 0 aromatic carbocycles. The summed E-state index contributed by atoms with van der Waals surface area (Å²) in [6.45, 7) is 0. The van der Waals surface area contributed by atoms with E-state index in [1.165, 1.54) is 23.2 Å². The normalized spacial score (nSPS) is 26.8. The monoisotopic (exact) mass is 133 g/mol. The molecule has 0 amide bonds. The van der Waals surface area contributed by atoms with Crippen molar-refractivity contribution in [3.8, 4) is 0 Å². The lowest BCUT2D eigenvalue weighted by atomic mass is 10.9. The lowest BCUT2D eigenvalue weighted by Gasteiger charge is -2.24. The van der Waals surface area contributed by atoms with E-state index in [-0.39, 0.29) is 0 Å². The molecular formula is C4H7NO2S. The van der Waals surface area contributed by atoms with E-state index in [9.17, 15) is 0 Å². The van der Waals surface area contributed by atoms with Crippen molar-refractivity contribution in [2.24, 2.45) is 0 Å². The standard InChI is InChI=1S/C4H7NO2S/c6-8(7)3-1-5-2-4-8/h1-7H. The molecule has 0 fully saturated rings. The molecule has 0 unspecified atom stereocenters. The van der Waals surface area contributed by atoms with Gasteiger partial charge < -0.3 is 5.32 Å². The van der Waals surface area contributed by atoms with Crippen LogP contribution in [0.4, 0.5) is 0 Å². The second kappa shape index (κ2) is 1.81. The molecule has 8 heavy (non-hydrogen) atoms. The highest BCUT2D eigenvalue weighted by Gasteiger charge is 2.02. The van der Waals surface area contributed by atoms with Crippen LogP contribution in [0, 0.1) is 0 Å². The first kappa shape index (κ1) is 5.68. The van der Waals surface area contributed by atoms with E-state index in [4.69, 9.17) is 9.11 Å². The van der Waals surface area contributed by atoms with Gasteiger partial charge >= 0.3 is 0 Å². The topological polar surface area (TPSA) is 52.5 Å². The van der Waals surface area contributed by atoms with Gasteiger partial charge in [-0.25, -0.2) is 0 Å². The second-order valence-electron chi connectivity index (χ2n) is 1.41. The van der Waals surface area contributed by atoms with Gasteiger partial charge in [-0.05, 0) is 0 Å². The molecule has 4 heteroatoms. The summed E-state index contributed by atoms with van der Waals surface area (Å²) in [6, 6.07) is 0. The molecule has 0 spiro atoms. The maximum Gasteiger partial charge on any atom is 0.0429 e. The minimum Gasteiger partial charge on any atom is -0.365 e. The average Bonchev–Trinajstić information content (AvgIpc) is 1.65. The average molecular weight is 133 g/mol. The highest BCUT2D eigenvalue weighted by atomic mass is 32.3. The van der Waals surface area contributed by atoms with Gasteiger partial charge in [-0.1, -0.05) is 0 Å². The summed E-state index contributed by atoms with van der Waals surface area (Å²) in [7, 11) is -2.51. The van der Waals surface area contributed by atoms with Crippen LogP contribution in [0.25, 0.3) is 0 Å². The van der Waals surface area contributed by atoms with E-state index in [1.54, 1.807) is 0 Å². The molecule has 1 aliphatic heterocycles. The van der Waals surface area contributed by atoms with Crippen molar-refractivity contribution in [1.29, 1.82) is 0 Å². The Bertz CT molecular complexity index is 127. The Morgan fingerprint density at radius 3 is 1.88 bits per heavy atom. The maximum atomic E-state index is 8.80. The van der Waals surface area contributed by atoms with Crippen LogP contribution < -0.4 is 5.32 Å². The molecule has 0 atom stereocenters. The third kappa shape index (κ3) is 1.26.